The number of rotatable bonds is 8. The van der Waals surface area contributed by atoms with Gasteiger partial charge in [0.05, 0.1) is 11.4 Å². The Morgan fingerprint density at radius 3 is 2.41 bits per heavy atom. The van der Waals surface area contributed by atoms with Gasteiger partial charge in [-0.3, -0.25) is 0 Å². The van der Waals surface area contributed by atoms with Gasteiger partial charge in [-0.2, -0.15) is 0 Å². The third-order valence-electron chi connectivity index (χ3n) is 8.67. The van der Waals surface area contributed by atoms with Crippen LogP contribution in [0.5, 0.6) is 11.5 Å². The zero-order valence-electron chi connectivity index (χ0n) is 26.9. The zero-order chi connectivity index (χ0) is 32.4. The Labute approximate surface area is 275 Å². The first-order valence-electron chi connectivity index (χ1n) is 15.9. The van der Waals surface area contributed by atoms with E-state index in [2.05, 4.69) is 26.1 Å². The van der Waals surface area contributed by atoms with Crippen molar-refractivity contribution in [1.29, 1.82) is 0 Å². The van der Waals surface area contributed by atoms with E-state index in [1.54, 1.807) is 12.0 Å². The summed E-state index contributed by atoms with van der Waals surface area (Å²) in [5.74, 6) is 1.83. The van der Waals surface area contributed by atoms with Crippen LogP contribution in [0.1, 0.15) is 46.5 Å². The van der Waals surface area contributed by atoms with Crippen molar-refractivity contribution in [3.8, 4) is 22.8 Å². The van der Waals surface area contributed by atoms with E-state index in [0.717, 1.165) is 61.5 Å². The lowest BCUT2D eigenvalue weighted by molar-refractivity contribution is 0.0126. The van der Waals surface area contributed by atoms with Gasteiger partial charge >= 0.3 is 6.09 Å². The van der Waals surface area contributed by atoms with E-state index in [4.69, 9.17) is 36.3 Å². The Kier molecular flexibility index (Phi) is 9.33. The number of anilines is 3. The van der Waals surface area contributed by atoms with Crippen molar-refractivity contribution in [2.45, 2.75) is 70.2 Å². The predicted octanol–water partition coefficient (Wildman–Crippen LogP) is 6.00. The highest BCUT2D eigenvalue weighted by molar-refractivity contribution is 6.31. The van der Waals surface area contributed by atoms with Crippen LogP contribution in [-0.4, -0.2) is 85.1 Å². The molecule has 0 aliphatic carbocycles. The van der Waals surface area contributed by atoms with Gasteiger partial charge in [-0.05, 0) is 63.9 Å². The lowest BCUT2D eigenvalue weighted by Crippen LogP contribution is -2.54. The molecule has 3 aromatic rings. The topological polar surface area (TPSA) is 116 Å². The molecule has 11 nitrogen and oxygen atoms in total. The second kappa shape index (κ2) is 13.4. The second-order valence-electron chi connectivity index (χ2n) is 13.2. The molecule has 12 heteroatoms. The summed E-state index contributed by atoms with van der Waals surface area (Å²) in [4.78, 5) is 19.1. The van der Waals surface area contributed by atoms with Crippen LogP contribution in [-0.2, 0) is 9.47 Å². The smallest absolute Gasteiger partial charge is 0.410 e. The molecule has 2 N–H and O–H groups in total. The molecule has 0 saturated carbocycles. The van der Waals surface area contributed by atoms with Gasteiger partial charge in [-0.25, -0.2) is 4.79 Å². The number of methoxy groups -OCH3 is 1. The van der Waals surface area contributed by atoms with Gasteiger partial charge in [0.1, 0.15) is 23.2 Å². The minimum Gasteiger partial charge on any atom is -0.490 e. The second-order valence-corrected chi connectivity index (χ2v) is 13.6. The van der Waals surface area contributed by atoms with Gasteiger partial charge in [0.2, 0.25) is 0 Å². The number of para-hydroxylation sites is 1. The number of hydrogen-bond acceptors (Lipinski definition) is 10. The molecule has 3 fully saturated rings. The molecule has 46 heavy (non-hydrogen) atoms. The number of nitrogens with two attached hydrogens (primary N) is 1. The lowest BCUT2D eigenvalue weighted by Gasteiger charge is -2.43. The Morgan fingerprint density at radius 2 is 1.72 bits per heavy atom. The maximum absolute atomic E-state index is 12.5. The molecule has 1 aromatic heterocycles. The number of ether oxygens (including phenoxy) is 4. The van der Waals surface area contributed by atoms with Crippen molar-refractivity contribution >= 4 is 34.9 Å². The number of nitrogen functional groups attached to an aromatic ring is 1. The average Bonchev–Trinajstić information content (AvgIpc) is 3.29. The highest BCUT2D eigenvalue weighted by Gasteiger charge is 2.41. The number of carbonyl (C=O) groups excluding carboxylic acids is 1. The number of halogens is 1. The van der Waals surface area contributed by atoms with Crippen LogP contribution >= 0.6 is 11.6 Å². The van der Waals surface area contributed by atoms with Crippen molar-refractivity contribution in [3.05, 3.63) is 53.6 Å². The number of hydrogen-bond donors (Lipinski definition) is 1. The maximum Gasteiger partial charge on any atom is 0.410 e. The van der Waals surface area contributed by atoms with Gasteiger partial charge in [0.15, 0.2) is 12.6 Å². The van der Waals surface area contributed by atoms with Gasteiger partial charge in [-0.15, -0.1) is 10.2 Å². The first-order chi connectivity index (χ1) is 22.1. The molecule has 3 aliphatic heterocycles. The first-order valence-corrected chi connectivity index (χ1v) is 16.3. The molecular formula is C34H43ClN6O5. The lowest BCUT2D eigenvalue weighted by atomic mass is 10.1. The van der Waals surface area contributed by atoms with Crippen LogP contribution in [0.25, 0.3) is 11.3 Å². The number of piperidine rings is 1. The average molecular weight is 651 g/mol. The summed E-state index contributed by atoms with van der Waals surface area (Å²) in [6.45, 7) is 8.56. The molecule has 2 bridgehead atoms. The normalized spacial score (nSPS) is 20.2. The zero-order valence-corrected chi connectivity index (χ0v) is 27.7. The summed E-state index contributed by atoms with van der Waals surface area (Å²) in [7, 11) is 1.59. The Balaban J connectivity index is 1.14. The van der Waals surface area contributed by atoms with Crippen LogP contribution in [0.3, 0.4) is 0 Å². The summed E-state index contributed by atoms with van der Waals surface area (Å²) in [6.07, 6.45) is 3.32. The number of amides is 1. The Bertz CT molecular complexity index is 1530. The van der Waals surface area contributed by atoms with Gasteiger partial charge in [0.25, 0.3) is 0 Å². The number of nitrogens with zero attached hydrogens (tertiary/aromatic N) is 5. The molecular weight excluding hydrogens is 608 g/mol. The SMILES string of the molecule is COCOc1ccccc1-c1cc(N2C[C@H]3CC[C@@H](C2)N3c2cc(Cl)cc(OC3CCN(C(=O)OC(C)(C)C)CC3)c2)c(N)nn1. The molecule has 3 saturated heterocycles. The fourth-order valence-electron chi connectivity index (χ4n) is 6.66. The van der Waals surface area contributed by atoms with Crippen molar-refractivity contribution in [1.82, 2.24) is 15.1 Å². The van der Waals surface area contributed by atoms with E-state index in [-0.39, 0.29) is 31.1 Å². The van der Waals surface area contributed by atoms with Gasteiger partial charge < -0.3 is 39.4 Å². The first kappa shape index (κ1) is 32.0. The quantitative estimate of drug-likeness (QED) is 0.291. The number of fused-ring (bicyclic) bond motifs is 2. The number of benzene rings is 2. The third-order valence-corrected chi connectivity index (χ3v) is 8.89. The summed E-state index contributed by atoms with van der Waals surface area (Å²) in [5.41, 5.74) is 9.36. The van der Waals surface area contributed by atoms with Gasteiger partial charge in [-0.1, -0.05) is 23.7 Å². The summed E-state index contributed by atoms with van der Waals surface area (Å²) < 4.78 is 22.9. The molecule has 246 valence electrons. The van der Waals surface area contributed by atoms with E-state index in [0.29, 0.717) is 35.4 Å². The van der Waals surface area contributed by atoms with E-state index in [1.165, 1.54) is 0 Å². The molecule has 0 radical (unpaired) electrons. The van der Waals surface area contributed by atoms with Crippen molar-refractivity contribution in [2.24, 2.45) is 0 Å². The third kappa shape index (κ3) is 7.20. The van der Waals surface area contributed by atoms with E-state index < -0.39 is 5.60 Å². The van der Waals surface area contributed by atoms with Crippen LogP contribution in [0, 0.1) is 0 Å². The number of carbonyl (C=O) groups is 1. The minimum absolute atomic E-state index is 0.0000344. The number of piperazine rings is 1. The monoisotopic (exact) mass is 650 g/mol. The molecule has 4 heterocycles. The Hall–Kier alpha value is -3.96. The standard InChI is InChI=1S/C34H43ClN6O5/c1-34(2,3)46-33(42)39-13-11-26(12-14-39)45-27-16-22(35)15-25(17-27)41-23-9-10-24(41)20-40(19-23)30-18-29(37-38-32(30)36)28-7-5-6-8-31(28)44-21-43-4/h5-8,15-18,23-24,26H,9-14,19-21H2,1-4H3,(H2,36,38)/t23-,24+. The molecule has 0 unspecified atom stereocenters. The van der Waals surface area contributed by atoms with Crippen molar-refractivity contribution < 1.29 is 23.7 Å². The largest absolute Gasteiger partial charge is 0.490 e. The van der Waals surface area contributed by atoms with E-state index in [1.807, 2.05) is 63.2 Å². The van der Waals surface area contributed by atoms with E-state index in [9.17, 15) is 4.79 Å². The maximum atomic E-state index is 12.5. The van der Waals surface area contributed by atoms with Crippen LogP contribution in [0.15, 0.2) is 48.5 Å². The fraction of sp³-hybridized carbons (Fsp3) is 0.500. The summed E-state index contributed by atoms with van der Waals surface area (Å²) >= 11 is 6.66. The molecule has 3 aliphatic rings. The highest BCUT2D eigenvalue weighted by Crippen LogP contribution is 2.41. The molecule has 0 spiro atoms. The van der Waals surface area contributed by atoms with E-state index >= 15 is 0 Å². The van der Waals surface area contributed by atoms with Crippen molar-refractivity contribution in [2.75, 3.05) is 55.6 Å². The summed E-state index contributed by atoms with van der Waals surface area (Å²) in [5, 5.41) is 9.37. The number of aromatic nitrogens is 2. The molecule has 2 aromatic carbocycles. The Morgan fingerprint density at radius 1 is 1.00 bits per heavy atom. The molecule has 2 atom stereocenters. The summed E-state index contributed by atoms with van der Waals surface area (Å²) in [6, 6.07) is 16.3. The fourth-order valence-corrected chi connectivity index (χ4v) is 6.88. The highest BCUT2D eigenvalue weighted by atomic mass is 35.5. The van der Waals surface area contributed by atoms with Crippen LogP contribution in [0.2, 0.25) is 5.02 Å². The minimum atomic E-state index is -0.511. The van der Waals surface area contributed by atoms with Crippen LogP contribution < -0.4 is 25.0 Å². The molecule has 1 amide bonds. The molecule has 6 rings (SSSR count). The predicted molar refractivity (Wildman–Crippen MR) is 179 cm³/mol. The number of likely N-dealkylation sites (tertiary alicyclic amines) is 1. The van der Waals surface area contributed by atoms with Crippen molar-refractivity contribution in [3.63, 3.8) is 0 Å². The van der Waals surface area contributed by atoms with Crippen LogP contribution in [0.4, 0.5) is 22.0 Å². The van der Waals surface area contributed by atoms with Gasteiger partial charge in [0, 0.05) is 80.6 Å².